The lowest BCUT2D eigenvalue weighted by atomic mass is 9.79. The second-order valence-electron chi connectivity index (χ2n) is 7.07. The maximum atomic E-state index is 6.08. The summed E-state index contributed by atoms with van der Waals surface area (Å²) in [6, 6.07) is 10.7. The molecule has 1 aromatic rings. The van der Waals surface area contributed by atoms with Crippen LogP contribution in [0.4, 0.5) is 0 Å². The Balaban J connectivity index is 2.04. The van der Waals surface area contributed by atoms with Gasteiger partial charge in [-0.15, -0.1) is 0 Å². The van der Waals surface area contributed by atoms with Crippen molar-refractivity contribution in [3.05, 3.63) is 35.9 Å². The lowest BCUT2D eigenvalue weighted by Crippen LogP contribution is -2.47. The van der Waals surface area contributed by atoms with Crippen molar-refractivity contribution in [1.29, 1.82) is 0 Å². The average molecular weight is 260 g/mol. The lowest BCUT2D eigenvalue weighted by molar-refractivity contribution is 0.112. The first-order valence-corrected chi connectivity index (χ1v) is 7.43. The number of nitrogens with zero attached hydrogens (tertiary/aromatic N) is 1. The molecule has 1 aliphatic rings. The van der Waals surface area contributed by atoms with E-state index in [1.165, 1.54) is 31.5 Å². The van der Waals surface area contributed by atoms with E-state index >= 15 is 0 Å². The molecule has 106 valence electrons. The number of hydrogen-bond acceptors (Lipinski definition) is 2. The van der Waals surface area contributed by atoms with Crippen LogP contribution in [-0.2, 0) is 5.41 Å². The molecule has 0 amide bonds. The highest BCUT2D eigenvalue weighted by Crippen LogP contribution is 2.32. The number of rotatable bonds is 4. The summed E-state index contributed by atoms with van der Waals surface area (Å²) >= 11 is 0. The minimum absolute atomic E-state index is 0.0722. The largest absolute Gasteiger partial charge is 0.330 e. The van der Waals surface area contributed by atoms with Crippen LogP contribution in [0.5, 0.6) is 0 Å². The number of piperidine rings is 1. The molecule has 19 heavy (non-hydrogen) atoms. The van der Waals surface area contributed by atoms with Gasteiger partial charge in [-0.05, 0) is 36.9 Å². The predicted molar refractivity (Wildman–Crippen MR) is 82.3 cm³/mol. The van der Waals surface area contributed by atoms with Gasteiger partial charge in [0.15, 0.2) is 0 Å². The Morgan fingerprint density at radius 3 is 2.26 bits per heavy atom. The molecule has 1 unspecified atom stereocenters. The van der Waals surface area contributed by atoms with E-state index in [9.17, 15) is 0 Å². The monoisotopic (exact) mass is 260 g/mol. The molecule has 1 saturated heterocycles. The Bertz CT molecular complexity index is 389. The molecule has 1 aliphatic heterocycles. The fourth-order valence-electron chi connectivity index (χ4n) is 2.92. The molecule has 1 fully saturated rings. The van der Waals surface area contributed by atoms with Gasteiger partial charge in [-0.1, -0.05) is 51.1 Å². The van der Waals surface area contributed by atoms with Crippen molar-refractivity contribution in [1.82, 2.24) is 4.90 Å². The average Bonchev–Trinajstić information content (AvgIpc) is 2.42. The smallest absolute Gasteiger partial charge is 0.0174 e. The van der Waals surface area contributed by atoms with E-state index in [1.807, 2.05) is 0 Å². The van der Waals surface area contributed by atoms with Gasteiger partial charge < -0.3 is 10.6 Å². The van der Waals surface area contributed by atoms with Crippen LogP contribution in [0.25, 0.3) is 0 Å². The van der Waals surface area contributed by atoms with Gasteiger partial charge in [0, 0.05) is 18.5 Å². The van der Waals surface area contributed by atoms with Crippen molar-refractivity contribution in [2.75, 3.05) is 26.2 Å². The second-order valence-corrected chi connectivity index (χ2v) is 7.07. The zero-order chi connectivity index (χ0) is 13.9. The molecule has 0 bridgehead atoms. The third-order valence-electron chi connectivity index (χ3n) is 4.70. The molecule has 0 spiro atoms. The van der Waals surface area contributed by atoms with Crippen molar-refractivity contribution >= 4 is 0 Å². The molecular weight excluding hydrogens is 232 g/mol. The van der Waals surface area contributed by atoms with Gasteiger partial charge >= 0.3 is 0 Å². The van der Waals surface area contributed by atoms with Gasteiger partial charge in [-0.2, -0.15) is 0 Å². The van der Waals surface area contributed by atoms with E-state index in [0.29, 0.717) is 12.0 Å². The molecule has 2 rings (SSSR count). The van der Waals surface area contributed by atoms with E-state index in [1.54, 1.807) is 0 Å². The fraction of sp³-hybridized carbons (Fsp3) is 0.647. The molecule has 0 aromatic heterocycles. The number of nitrogens with two attached hydrogens (primary N) is 1. The third-order valence-corrected chi connectivity index (χ3v) is 4.70. The fourth-order valence-corrected chi connectivity index (χ4v) is 2.92. The standard InChI is InChI=1S/C17H28N2/c1-16(2)9-11-19(12-10-16)14-17(3,13-18)15-7-5-4-6-8-15/h4-8H,9-14,18H2,1-3H3. The molecule has 0 aliphatic carbocycles. The topological polar surface area (TPSA) is 29.3 Å². The van der Waals surface area contributed by atoms with E-state index in [0.717, 1.165) is 6.54 Å². The van der Waals surface area contributed by atoms with E-state index in [-0.39, 0.29) is 5.41 Å². The zero-order valence-corrected chi connectivity index (χ0v) is 12.7. The Kier molecular flexibility index (Phi) is 4.32. The highest BCUT2D eigenvalue weighted by molar-refractivity contribution is 5.25. The molecular formula is C17H28N2. The number of likely N-dealkylation sites (tertiary alicyclic amines) is 1. The van der Waals surface area contributed by atoms with Crippen LogP contribution in [0.2, 0.25) is 0 Å². The van der Waals surface area contributed by atoms with Crippen LogP contribution in [0.15, 0.2) is 30.3 Å². The Labute approximate surface area is 118 Å². The second kappa shape index (κ2) is 5.64. The zero-order valence-electron chi connectivity index (χ0n) is 12.7. The highest BCUT2D eigenvalue weighted by atomic mass is 15.1. The van der Waals surface area contributed by atoms with Crippen LogP contribution < -0.4 is 5.73 Å². The molecule has 2 N–H and O–H groups in total. The first-order chi connectivity index (χ1) is 8.95. The highest BCUT2D eigenvalue weighted by Gasteiger charge is 2.31. The Morgan fingerprint density at radius 2 is 1.74 bits per heavy atom. The third kappa shape index (κ3) is 3.58. The van der Waals surface area contributed by atoms with Gasteiger partial charge in [0.05, 0.1) is 0 Å². The van der Waals surface area contributed by atoms with Gasteiger partial charge in [0.1, 0.15) is 0 Å². The van der Waals surface area contributed by atoms with Crippen molar-refractivity contribution in [3.63, 3.8) is 0 Å². The van der Waals surface area contributed by atoms with E-state index < -0.39 is 0 Å². The van der Waals surface area contributed by atoms with Gasteiger partial charge in [0.2, 0.25) is 0 Å². The first-order valence-electron chi connectivity index (χ1n) is 7.43. The minimum atomic E-state index is 0.0722. The lowest BCUT2D eigenvalue weighted by Gasteiger charge is -2.41. The van der Waals surface area contributed by atoms with Crippen molar-refractivity contribution < 1.29 is 0 Å². The predicted octanol–water partition coefficient (Wildman–Crippen LogP) is 3.03. The minimum Gasteiger partial charge on any atom is -0.330 e. The molecule has 1 aromatic carbocycles. The first kappa shape index (κ1) is 14.5. The summed E-state index contributed by atoms with van der Waals surface area (Å²) in [5, 5.41) is 0. The molecule has 1 atom stereocenters. The van der Waals surface area contributed by atoms with Crippen LogP contribution in [-0.4, -0.2) is 31.1 Å². The quantitative estimate of drug-likeness (QED) is 0.901. The Morgan fingerprint density at radius 1 is 1.16 bits per heavy atom. The maximum absolute atomic E-state index is 6.08. The normalized spacial score (nSPS) is 22.9. The summed E-state index contributed by atoms with van der Waals surface area (Å²) in [4.78, 5) is 2.59. The summed E-state index contributed by atoms with van der Waals surface area (Å²) in [5.41, 5.74) is 8.03. The summed E-state index contributed by atoms with van der Waals surface area (Å²) in [6.07, 6.45) is 2.59. The molecule has 0 radical (unpaired) electrons. The molecule has 1 heterocycles. The summed E-state index contributed by atoms with van der Waals surface area (Å²) in [7, 11) is 0. The maximum Gasteiger partial charge on any atom is 0.0174 e. The van der Waals surface area contributed by atoms with Crippen LogP contribution >= 0.6 is 0 Å². The summed E-state index contributed by atoms with van der Waals surface area (Å²) < 4.78 is 0. The molecule has 2 nitrogen and oxygen atoms in total. The molecule has 2 heteroatoms. The van der Waals surface area contributed by atoms with Crippen LogP contribution in [0.1, 0.15) is 39.2 Å². The van der Waals surface area contributed by atoms with Crippen molar-refractivity contribution in [2.45, 2.75) is 39.0 Å². The summed E-state index contributed by atoms with van der Waals surface area (Å²) in [5.74, 6) is 0. The van der Waals surface area contributed by atoms with Crippen molar-refractivity contribution in [3.8, 4) is 0 Å². The number of hydrogen-bond donors (Lipinski definition) is 1. The SMILES string of the molecule is CC1(C)CCN(CC(C)(CN)c2ccccc2)CC1. The number of benzene rings is 1. The van der Waals surface area contributed by atoms with Crippen molar-refractivity contribution in [2.24, 2.45) is 11.1 Å². The van der Waals surface area contributed by atoms with E-state index in [4.69, 9.17) is 5.73 Å². The van der Waals surface area contributed by atoms with Crippen LogP contribution in [0.3, 0.4) is 0 Å². The van der Waals surface area contributed by atoms with E-state index in [2.05, 4.69) is 56.0 Å². The molecule has 0 saturated carbocycles. The summed E-state index contributed by atoms with van der Waals surface area (Å²) in [6.45, 7) is 11.2. The van der Waals surface area contributed by atoms with Crippen LogP contribution in [0, 0.1) is 5.41 Å². The Hall–Kier alpha value is -0.860. The van der Waals surface area contributed by atoms with Gasteiger partial charge in [-0.25, -0.2) is 0 Å². The van der Waals surface area contributed by atoms with Gasteiger partial charge in [0.25, 0.3) is 0 Å². The van der Waals surface area contributed by atoms with Gasteiger partial charge in [-0.3, -0.25) is 0 Å².